The Bertz CT molecular complexity index is 807. The zero-order valence-corrected chi connectivity index (χ0v) is 15.0. The molecule has 1 fully saturated rings. The summed E-state index contributed by atoms with van der Waals surface area (Å²) in [6.07, 6.45) is 1.27. The second-order valence-electron chi connectivity index (χ2n) is 6.51. The monoisotopic (exact) mass is 370 g/mol. The third-order valence-corrected chi connectivity index (χ3v) is 4.62. The van der Waals surface area contributed by atoms with Gasteiger partial charge in [-0.1, -0.05) is 0 Å². The van der Waals surface area contributed by atoms with Crippen LogP contribution < -0.4 is 10.1 Å². The molecule has 0 unspecified atom stereocenters. The average Bonchev–Trinajstić information content (AvgIpc) is 2.67. The Kier molecular flexibility index (Phi) is 5.49. The van der Waals surface area contributed by atoms with Crippen LogP contribution in [0.2, 0.25) is 0 Å². The first-order valence-electron chi connectivity index (χ1n) is 8.73. The largest absolute Gasteiger partial charge is 0.508 e. The molecule has 0 radical (unpaired) electrons. The van der Waals surface area contributed by atoms with Crippen LogP contribution in [0.25, 0.3) is 0 Å². The molecule has 0 spiro atoms. The molecule has 1 heterocycles. The van der Waals surface area contributed by atoms with E-state index in [1.54, 1.807) is 36.3 Å². The number of phenols is 2. The summed E-state index contributed by atoms with van der Waals surface area (Å²) in [5, 5.41) is 21.9. The minimum absolute atomic E-state index is 0.0414. The molecule has 2 aromatic rings. The number of rotatable bonds is 4. The highest BCUT2D eigenvalue weighted by molar-refractivity contribution is 5.95. The van der Waals surface area contributed by atoms with Gasteiger partial charge in [0.1, 0.15) is 17.2 Å². The van der Waals surface area contributed by atoms with Gasteiger partial charge in [0.2, 0.25) is 0 Å². The molecule has 3 N–H and O–H groups in total. The fourth-order valence-corrected chi connectivity index (χ4v) is 3.14. The topological polar surface area (TPSA) is 99.1 Å². The second kappa shape index (κ2) is 7.99. The highest BCUT2D eigenvalue weighted by Crippen LogP contribution is 2.21. The van der Waals surface area contributed by atoms with Gasteiger partial charge in [-0.2, -0.15) is 0 Å². The lowest BCUT2D eigenvalue weighted by molar-refractivity contribution is 0.0698. The Balaban J connectivity index is 1.55. The standard InChI is InChI=1S/C20H22N2O5/c1-27-18-4-2-13(3-5-18)20(26)22-8-6-15(7-9-22)21-19(25)14-10-16(23)12-17(24)11-14/h2-5,10-12,15,23-24H,6-9H2,1H3,(H,21,25). The van der Waals surface area contributed by atoms with Gasteiger partial charge in [-0.3, -0.25) is 9.59 Å². The van der Waals surface area contributed by atoms with E-state index in [4.69, 9.17) is 4.74 Å². The molecule has 1 aliphatic heterocycles. The van der Waals surface area contributed by atoms with Gasteiger partial charge in [-0.25, -0.2) is 0 Å². The molecular weight excluding hydrogens is 348 g/mol. The van der Waals surface area contributed by atoms with Crippen molar-refractivity contribution >= 4 is 11.8 Å². The third kappa shape index (κ3) is 4.49. The smallest absolute Gasteiger partial charge is 0.253 e. The molecule has 27 heavy (non-hydrogen) atoms. The van der Waals surface area contributed by atoms with E-state index in [-0.39, 0.29) is 34.9 Å². The minimum atomic E-state index is -0.360. The number of likely N-dealkylation sites (tertiary alicyclic amines) is 1. The molecule has 0 aliphatic carbocycles. The van der Waals surface area contributed by atoms with Crippen LogP contribution in [-0.4, -0.2) is 53.2 Å². The van der Waals surface area contributed by atoms with Crippen molar-refractivity contribution in [2.24, 2.45) is 0 Å². The summed E-state index contributed by atoms with van der Waals surface area (Å²) in [7, 11) is 1.58. The van der Waals surface area contributed by atoms with Crippen LogP contribution in [0, 0.1) is 0 Å². The summed E-state index contributed by atoms with van der Waals surface area (Å²) in [4.78, 5) is 26.6. The Labute approximate surface area is 157 Å². The number of nitrogens with zero attached hydrogens (tertiary/aromatic N) is 1. The predicted molar refractivity (Wildman–Crippen MR) is 99.2 cm³/mol. The predicted octanol–water partition coefficient (Wildman–Crippen LogP) is 2.14. The quantitative estimate of drug-likeness (QED) is 0.766. The van der Waals surface area contributed by atoms with E-state index in [2.05, 4.69) is 5.32 Å². The van der Waals surface area contributed by atoms with Gasteiger partial charge >= 0.3 is 0 Å². The number of nitrogens with one attached hydrogen (secondary N) is 1. The van der Waals surface area contributed by atoms with Crippen LogP contribution in [0.3, 0.4) is 0 Å². The number of hydrogen-bond acceptors (Lipinski definition) is 5. The number of methoxy groups -OCH3 is 1. The minimum Gasteiger partial charge on any atom is -0.508 e. The van der Waals surface area contributed by atoms with E-state index in [9.17, 15) is 19.8 Å². The van der Waals surface area contributed by atoms with Crippen LogP contribution in [0.1, 0.15) is 33.6 Å². The normalized spacial score (nSPS) is 14.6. The summed E-state index contributed by atoms with van der Waals surface area (Å²) in [6, 6.07) is 10.7. The zero-order chi connectivity index (χ0) is 19.4. The lowest BCUT2D eigenvalue weighted by Crippen LogP contribution is -2.46. The van der Waals surface area contributed by atoms with Crippen molar-refractivity contribution < 1.29 is 24.5 Å². The van der Waals surface area contributed by atoms with E-state index >= 15 is 0 Å². The Morgan fingerprint density at radius 2 is 1.59 bits per heavy atom. The molecule has 1 saturated heterocycles. The zero-order valence-electron chi connectivity index (χ0n) is 15.0. The Morgan fingerprint density at radius 3 is 2.15 bits per heavy atom. The number of carbonyl (C=O) groups excluding carboxylic acids is 2. The second-order valence-corrected chi connectivity index (χ2v) is 6.51. The molecule has 7 nitrogen and oxygen atoms in total. The maximum atomic E-state index is 12.6. The van der Waals surface area contributed by atoms with Crippen LogP contribution in [0.5, 0.6) is 17.2 Å². The van der Waals surface area contributed by atoms with Crippen molar-refractivity contribution in [2.45, 2.75) is 18.9 Å². The first kappa shape index (κ1) is 18.6. The SMILES string of the molecule is COc1ccc(C(=O)N2CCC(NC(=O)c3cc(O)cc(O)c3)CC2)cc1. The van der Waals surface area contributed by atoms with Gasteiger partial charge in [0.15, 0.2) is 0 Å². The molecule has 7 heteroatoms. The lowest BCUT2D eigenvalue weighted by Gasteiger charge is -2.32. The third-order valence-electron chi connectivity index (χ3n) is 4.62. The Morgan fingerprint density at radius 1 is 1.00 bits per heavy atom. The summed E-state index contributed by atoms with van der Waals surface area (Å²) in [6.45, 7) is 1.09. The molecule has 1 aliphatic rings. The number of ether oxygens (including phenoxy) is 1. The molecule has 2 aromatic carbocycles. The summed E-state index contributed by atoms with van der Waals surface area (Å²) in [5.74, 6) is -0.0347. The highest BCUT2D eigenvalue weighted by atomic mass is 16.5. The number of amides is 2. The van der Waals surface area contributed by atoms with Crippen molar-refractivity contribution in [1.29, 1.82) is 0 Å². The van der Waals surface area contributed by atoms with Crippen LogP contribution in [-0.2, 0) is 0 Å². The van der Waals surface area contributed by atoms with Gasteiger partial charge < -0.3 is 25.2 Å². The molecule has 0 atom stereocenters. The van der Waals surface area contributed by atoms with Crippen LogP contribution >= 0.6 is 0 Å². The fourth-order valence-electron chi connectivity index (χ4n) is 3.14. The van der Waals surface area contributed by atoms with Gasteiger partial charge in [0, 0.05) is 36.3 Å². The fraction of sp³-hybridized carbons (Fsp3) is 0.300. The number of phenolic OH excluding ortho intramolecular Hbond substituents is 2. The molecule has 2 amide bonds. The van der Waals surface area contributed by atoms with E-state index in [0.717, 1.165) is 0 Å². The summed E-state index contributed by atoms with van der Waals surface area (Å²) < 4.78 is 5.10. The first-order chi connectivity index (χ1) is 13.0. The lowest BCUT2D eigenvalue weighted by atomic mass is 10.0. The van der Waals surface area contributed by atoms with Crippen LogP contribution in [0.15, 0.2) is 42.5 Å². The van der Waals surface area contributed by atoms with E-state index < -0.39 is 0 Å². The molecule has 0 aromatic heterocycles. The first-order valence-corrected chi connectivity index (χ1v) is 8.73. The number of carbonyl (C=O) groups is 2. The van der Waals surface area contributed by atoms with Gasteiger partial charge in [0.25, 0.3) is 11.8 Å². The number of hydrogen-bond donors (Lipinski definition) is 3. The average molecular weight is 370 g/mol. The number of aromatic hydroxyl groups is 2. The van der Waals surface area contributed by atoms with Crippen molar-refractivity contribution in [2.75, 3.05) is 20.2 Å². The molecule has 142 valence electrons. The van der Waals surface area contributed by atoms with E-state index in [1.165, 1.54) is 18.2 Å². The number of piperidine rings is 1. The maximum absolute atomic E-state index is 12.6. The van der Waals surface area contributed by atoms with Gasteiger partial charge in [-0.05, 0) is 49.2 Å². The molecule has 3 rings (SSSR count). The van der Waals surface area contributed by atoms with Crippen molar-refractivity contribution in [1.82, 2.24) is 10.2 Å². The van der Waals surface area contributed by atoms with Gasteiger partial charge in [-0.15, -0.1) is 0 Å². The molecular formula is C20H22N2O5. The van der Waals surface area contributed by atoms with Crippen molar-refractivity contribution in [3.63, 3.8) is 0 Å². The highest BCUT2D eigenvalue weighted by Gasteiger charge is 2.25. The van der Waals surface area contributed by atoms with E-state index in [1.807, 2.05) is 0 Å². The molecule has 0 saturated carbocycles. The van der Waals surface area contributed by atoms with Crippen molar-refractivity contribution in [3.8, 4) is 17.2 Å². The summed E-state index contributed by atoms with van der Waals surface area (Å²) >= 11 is 0. The van der Waals surface area contributed by atoms with E-state index in [0.29, 0.717) is 37.2 Å². The maximum Gasteiger partial charge on any atom is 0.253 e. The number of benzene rings is 2. The Hall–Kier alpha value is -3.22. The van der Waals surface area contributed by atoms with Crippen molar-refractivity contribution in [3.05, 3.63) is 53.6 Å². The van der Waals surface area contributed by atoms with Crippen LogP contribution in [0.4, 0.5) is 0 Å². The summed E-state index contributed by atoms with van der Waals surface area (Å²) in [5.41, 5.74) is 0.803. The molecule has 0 bridgehead atoms. The van der Waals surface area contributed by atoms with Gasteiger partial charge in [0.05, 0.1) is 7.11 Å².